The van der Waals surface area contributed by atoms with Gasteiger partial charge in [0.05, 0.1) is 8.07 Å². The van der Waals surface area contributed by atoms with E-state index < -0.39 is 37.0 Å². The van der Waals surface area contributed by atoms with E-state index in [0.29, 0.717) is 5.32 Å². The molecule has 0 fully saturated rings. The van der Waals surface area contributed by atoms with Crippen molar-refractivity contribution >= 4 is 19.3 Å². The van der Waals surface area contributed by atoms with Gasteiger partial charge in [0.15, 0.2) is 0 Å². The molecule has 1 radical (unpaired) electrons. The largest absolute Gasteiger partial charge is 0.478 e. The monoisotopic (exact) mass is 329 g/mol. The Labute approximate surface area is 118 Å². The van der Waals surface area contributed by atoms with Gasteiger partial charge in [0.2, 0.25) is 0 Å². The van der Waals surface area contributed by atoms with Crippen LogP contribution >= 0.6 is 0 Å². The number of alkyl halides is 5. The maximum atomic E-state index is 12.9. The number of hydroxylamine groups is 2. The Morgan fingerprint density at radius 3 is 1.95 bits per heavy atom. The van der Waals surface area contributed by atoms with Gasteiger partial charge in [-0.2, -0.15) is 22.0 Å². The molecule has 0 spiro atoms. The summed E-state index contributed by atoms with van der Waals surface area (Å²) in [7, 11) is -0.592. The Balaban J connectivity index is 3.20. The van der Waals surface area contributed by atoms with E-state index in [4.69, 9.17) is 0 Å². The third kappa shape index (κ3) is 3.10. The molecule has 1 aromatic rings. The maximum absolute atomic E-state index is 12.9. The number of carbonyl (C=O) groups is 1. The van der Waals surface area contributed by atoms with Gasteiger partial charge >= 0.3 is 18.1 Å². The molecule has 0 aliphatic rings. The van der Waals surface area contributed by atoms with Gasteiger partial charge in [-0.1, -0.05) is 24.8 Å². The molecule has 0 N–H and O–H groups in total. The highest BCUT2D eigenvalue weighted by atomic mass is 28.3. The second-order valence-corrected chi connectivity index (χ2v) is 10.6. The molecule has 0 unspecified atom stereocenters. The first kappa shape index (κ1) is 17.6. The van der Waals surface area contributed by atoms with Crippen LogP contribution in [0, 0.1) is 0 Å². The van der Waals surface area contributed by atoms with E-state index in [1.54, 1.807) is 0 Å². The van der Waals surface area contributed by atoms with Crippen molar-refractivity contribution in [3.63, 3.8) is 0 Å². The molecule has 21 heavy (non-hydrogen) atoms. The fourth-order valence-corrected chi connectivity index (χ4v) is 3.54. The number of halogens is 5. The van der Waals surface area contributed by atoms with Crippen molar-refractivity contribution in [3.8, 4) is 0 Å². The molecular weight excluding hydrogens is 315 g/mol. The molecule has 1 aromatic heterocycles. The van der Waals surface area contributed by atoms with E-state index in [2.05, 4.69) is 0 Å². The predicted molar refractivity (Wildman–Crippen MR) is 66.3 cm³/mol. The van der Waals surface area contributed by atoms with Gasteiger partial charge in [-0.05, 0) is 12.1 Å². The van der Waals surface area contributed by atoms with Crippen LogP contribution in [-0.2, 0) is 12.3 Å². The first-order chi connectivity index (χ1) is 9.21. The number of rotatable bonds is 3. The van der Waals surface area contributed by atoms with Crippen LogP contribution in [0.3, 0.4) is 0 Å². The van der Waals surface area contributed by atoms with E-state index in [1.165, 1.54) is 17.7 Å². The lowest BCUT2D eigenvalue weighted by molar-refractivity contribution is -0.397. The highest BCUT2D eigenvalue weighted by molar-refractivity contribution is 6.88. The van der Waals surface area contributed by atoms with Crippen LogP contribution in [0.2, 0.25) is 19.6 Å². The number of hydrogen-bond acceptors (Lipinski definition) is 1. The van der Waals surface area contributed by atoms with Crippen LogP contribution in [-0.4, -0.2) is 35.8 Å². The molecule has 0 saturated carbocycles. The van der Waals surface area contributed by atoms with Gasteiger partial charge in [0, 0.05) is 12.4 Å². The summed E-state index contributed by atoms with van der Waals surface area (Å²) in [5.41, 5.74) is -0.508. The fraction of sp³-hybridized carbons (Fsp3) is 0.545. The quantitative estimate of drug-likeness (QED) is 0.364. The minimum Gasteiger partial charge on any atom is -0.348 e. The van der Waals surface area contributed by atoms with Crippen molar-refractivity contribution in [3.05, 3.63) is 17.8 Å². The van der Waals surface area contributed by atoms with E-state index in [-0.39, 0.29) is 0 Å². The maximum Gasteiger partial charge on any atom is 0.478 e. The second-order valence-electron chi connectivity index (χ2n) is 5.55. The number of amides is 1. The minimum absolute atomic E-state index is 0.508. The summed E-state index contributed by atoms with van der Waals surface area (Å²) in [6.07, 6.45) is -6.13. The van der Waals surface area contributed by atoms with Gasteiger partial charge in [-0.15, -0.1) is 5.06 Å². The van der Waals surface area contributed by atoms with Crippen molar-refractivity contribution in [1.29, 1.82) is 0 Å². The zero-order chi connectivity index (χ0) is 16.8. The van der Waals surface area contributed by atoms with Gasteiger partial charge in [-0.25, -0.2) is 0 Å². The van der Waals surface area contributed by atoms with Crippen molar-refractivity contribution in [2.75, 3.05) is 0 Å². The molecular formula is C11H14F5N2O2Si. The smallest absolute Gasteiger partial charge is 0.348 e. The normalized spacial score (nSPS) is 13.4. The molecule has 1 amide bonds. The molecule has 0 aromatic carbocycles. The lowest BCUT2D eigenvalue weighted by Gasteiger charge is -2.25. The lowest BCUT2D eigenvalue weighted by atomic mass is 10.3. The molecule has 119 valence electrons. The van der Waals surface area contributed by atoms with Gasteiger partial charge in [0.1, 0.15) is 5.69 Å². The van der Waals surface area contributed by atoms with Crippen LogP contribution in [0.15, 0.2) is 12.1 Å². The van der Waals surface area contributed by atoms with Crippen LogP contribution in [0.4, 0.5) is 22.0 Å². The molecule has 0 saturated heterocycles. The Kier molecular flexibility index (Phi) is 4.27. The predicted octanol–water partition coefficient (Wildman–Crippen LogP) is 2.51. The molecule has 0 atom stereocenters. The third-order valence-electron chi connectivity index (χ3n) is 2.89. The van der Waals surface area contributed by atoms with Gasteiger partial charge < -0.3 is 4.57 Å². The van der Waals surface area contributed by atoms with Crippen molar-refractivity contribution in [2.45, 2.75) is 31.9 Å². The number of hydrogen-bond donors (Lipinski definition) is 0. The van der Waals surface area contributed by atoms with Crippen LogP contribution in [0.5, 0.6) is 0 Å². The Bertz CT molecular complexity index is 548. The molecule has 0 bridgehead atoms. The fourth-order valence-electron chi connectivity index (χ4n) is 1.83. The standard InChI is InChI=1S/C11H14F5N2O2Si/c1-17-7(5-6-8(17)21(2,3)4)9(19)18(20)11(15,16)10(12,13)14/h5-6H,1-4H3. The highest BCUT2D eigenvalue weighted by Crippen LogP contribution is 2.38. The molecule has 4 nitrogen and oxygen atoms in total. The summed E-state index contributed by atoms with van der Waals surface area (Å²) < 4.78 is 63.3. The van der Waals surface area contributed by atoms with Crippen molar-refractivity contribution in [2.24, 2.45) is 7.05 Å². The second kappa shape index (κ2) is 5.09. The van der Waals surface area contributed by atoms with Gasteiger partial charge in [-0.3, -0.25) is 4.79 Å². The summed E-state index contributed by atoms with van der Waals surface area (Å²) >= 11 is 0. The molecule has 1 heterocycles. The van der Waals surface area contributed by atoms with E-state index in [0.717, 1.165) is 6.07 Å². The van der Waals surface area contributed by atoms with E-state index in [9.17, 15) is 32.0 Å². The third-order valence-corrected chi connectivity index (χ3v) is 4.93. The Hall–Kier alpha value is -1.42. The Morgan fingerprint density at radius 1 is 1.14 bits per heavy atom. The topological polar surface area (TPSA) is 45.1 Å². The van der Waals surface area contributed by atoms with Crippen molar-refractivity contribution in [1.82, 2.24) is 9.63 Å². The number of carbonyl (C=O) groups excluding carboxylic acids is 1. The SMILES string of the molecule is Cn1c(C(=O)N([O])C(F)(F)C(F)(F)F)ccc1[Si](C)(C)C. The average molecular weight is 329 g/mol. The van der Waals surface area contributed by atoms with Crippen LogP contribution < -0.4 is 5.32 Å². The first-order valence-electron chi connectivity index (χ1n) is 5.83. The molecule has 0 aliphatic carbocycles. The summed E-state index contributed by atoms with van der Waals surface area (Å²) in [4.78, 5) is 11.6. The summed E-state index contributed by atoms with van der Waals surface area (Å²) in [6, 6.07) is -3.24. The zero-order valence-electron chi connectivity index (χ0n) is 11.8. The number of aromatic nitrogens is 1. The molecule has 10 heteroatoms. The highest BCUT2D eigenvalue weighted by Gasteiger charge is 2.65. The van der Waals surface area contributed by atoms with E-state index in [1.807, 2.05) is 19.6 Å². The van der Waals surface area contributed by atoms with Gasteiger partial charge in [0.25, 0.3) is 0 Å². The average Bonchev–Trinajstić information content (AvgIpc) is 2.67. The minimum atomic E-state index is -6.13. The summed E-state index contributed by atoms with van der Waals surface area (Å²) in [5, 5.41) is 9.94. The Morgan fingerprint density at radius 2 is 1.62 bits per heavy atom. The zero-order valence-corrected chi connectivity index (χ0v) is 12.8. The lowest BCUT2D eigenvalue weighted by Crippen LogP contribution is -2.53. The van der Waals surface area contributed by atoms with Crippen molar-refractivity contribution < 1.29 is 32.0 Å². The summed E-state index contributed by atoms with van der Waals surface area (Å²) in [5.74, 6) is -1.93. The van der Waals surface area contributed by atoms with Crippen LogP contribution in [0.1, 0.15) is 10.5 Å². The molecule has 0 aliphatic heterocycles. The summed E-state index contributed by atoms with van der Waals surface area (Å²) in [6.45, 7) is 5.70. The van der Waals surface area contributed by atoms with E-state index >= 15 is 0 Å². The molecule has 1 rings (SSSR count). The van der Waals surface area contributed by atoms with Crippen LogP contribution in [0.25, 0.3) is 0 Å². The first-order valence-corrected chi connectivity index (χ1v) is 9.33. The number of nitrogens with zero attached hydrogens (tertiary/aromatic N) is 2.